The lowest BCUT2D eigenvalue weighted by atomic mass is 10.0. The van der Waals surface area contributed by atoms with Crippen molar-refractivity contribution in [2.75, 3.05) is 7.11 Å². The van der Waals surface area contributed by atoms with Gasteiger partial charge < -0.3 is 4.74 Å². The predicted octanol–water partition coefficient (Wildman–Crippen LogP) is 5.54. The van der Waals surface area contributed by atoms with E-state index in [1.165, 1.54) is 12.1 Å². The van der Waals surface area contributed by atoms with E-state index in [0.29, 0.717) is 0 Å². The van der Waals surface area contributed by atoms with Crippen molar-refractivity contribution in [1.29, 1.82) is 0 Å². The smallest absolute Gasteiger partial charge is 0.142 e. The first kappa shape index (κ1) is 15.0. The Morgan fingerprint density at radius 2 is 1.57 bits per heavy atom. The number of rotatable bonds is 3. The highest BCUT2D eigenvalue weighted by Gasteiger charge is 2.64. The summed E-state index contributed by atoms with van der Waals surface area (Å²) >= 11 is 18.5. The van der Waals surface area contributed by atoms with Crippen molar-refractivity contribution in [2.24, 2.45) is 0 Å². The van der Waals surface area contributed by atoms with Crippen LogP contribution in [-0.2, 0) is 0 Å². The quantitative estimate of drug-likeness (QED) is 0.663. The van der Waals surface area contributed by atoms with Gasteiger partial charge in [-0.3, -0.25) is 0 Å². The van der Waals surface area contributed by atoms with E-state index >= 15 is 0 Å². The molecule has 1 aliphatic carbocycles. The molecular weight excluding hydrogens is 334 g/mol. The molecule has 3 rings (SSSR count). The first-order valence-electron chi connectivity index (χ1n) is 6.42. The van der Waals surface area contributed by atoms with E-state index < -0.39 is 10.2 Å². The van der Waals surface area contributed by atoms with Crippen molar-refractivity contribution < 1.29 is 9.13 Å². The summed E-state index contributed by atoms with van der Waals surface area (Å²) in [6.07, 6.45) is 0. The molecule has 0 bridgehead atoms. The molecule has 21 heavy (non-hydrogen) atoms. The summed E-state index contributed by atoms with van der Waals surface area (Å²) in [4.78, 5) is 0. The second kappa shape index (κ2) is 5.35. The molecule has 0 amide bonds. The number of ether oxygens (including phenoxy) is 1. The normalized spacial score (nSPS) is 22.9. The Balaban J connectivity index is 1.91. The van der Waals surface area contributed by atoms with Gasteiger partial charge >= 0.3 is 0 Å². The monoisotopic (exact) mass is 344 g/mol. The molecule has 2 atom stereocenters. The molecule has 0 heterocycles. The van der Waals surface area contributed by atoms with E-state index in [4.69, 9.17) is 39.5 Å². The Labute approximate surface area is 137 Å². The fourth-order valence-electron chi connectivity index (χ4n) is 2.67. The van der Waals surface area contributed by atoms with Gasteiger partial charge in [0.2, 0.25) is 0 Å². The van der Waals surface area contributed by atoms with Crippen LogP contribution >= 0.6 is 34.8 Å². The van der Waals surface area contributed by atoms with E-state index in [-0.39, 0.29) is 16.9 Å². The van der Waals surface area contributed by atoms with Gasteiger partial charge in [0.25, 0.3) is 0 Å². The molecule has 0 saturated heterocycles. The molecule has 0 spiro atoms. The number of alkyl halides is 2. The van der Waals surface area contributed by atoms with Crippen molar-refractivity contribution in [3.05, 3.63) is 64.4 Å². The number of hydrogen-bond donors (Lipinski definition) is 0. The lowest BCUT2D eigenvalue weighted by Gasteiger charge is -2.03. The largest absolute Gasteiger partial charge is 0.497 e. The zero-order valence-electron chi connectivity index (χ0n) is 11.1. The number of halogens is 4. The lowest BCUT2D eigenvalue weighted by Crippen LogP contribution is -1.91. The fraction of sp³-hybridized carbons (Fsp3) is 0.250. The van der Waals surface area contributed by atoms with Gasteiger partial charge in [-0.2, -0.15) is 0 Å². The minimum Gasteiger partial charge on any atom is -0.497 e. The van der Waals surface area contributed by atoms with Crippen LogP contribution < -0.4 is 4.74 Å². The lowest BCUT2D eigenvalue weighted by molar-refractivity contribution is 0.414. The molecule has 110 valence electrons. The third-order valence-electron chi connectivity index (χ3n) is 3.83. The Kier molecular flexibility index (Phi) is 3.81. The molecule has 1 fully saturated rings. The maximum absolute atomic E-state index is 13.6. The van der Waals surface area contributed by atoms with Crippen LogP contribution in [0.4, 0.5) is 4.39 Å². The molecule has 2 aromatic rings. The summed E-state index contributed by atoms with van der Waals surface area (Å²) < 4.78 is 17.8. The van der Waals surface area contributed by atoms with Gasteiger partial charge in [-0.15, -0.1) is 23.2 Å². The van der Waals surface area contributed by atoms with Crippen LogP contribution in [0.3, 0.4) is 0 Å². The van der Waals surface area contributed by atoms with Crippen LogP contribution in [0.15, 0.2) is 42.5 Å². The maximum atomic E-state index is 13.6. The molecule has 0 radical (unpaired) electrons. The molecule has 0 unspecified atom stereocenters. The highest BCUT2D eigenvalue weighted by molar-refractivity contribution is 6.52. The van der Waals surface area contributed by atoms with E-state index in [1.54, 1.807) is 13.2 Å². The minimum absolute atomic E-state index is 0.0766. The summed E-state index contributed by atoms with van der Waals surface area (Å²) in [6.45, 7) is 0. The van der Waals surface area contributed by atoms with E-state index in [2.05, 4.69) is 0 Å². The highest BCUT2D eigenvalue weighted by atomic mass is 35.5. The molecule has 0 aromatic heterocycles. The maximum Gasteiger partial charge on any atom is 0.142 e. The summed E-state index contributed by atoms with van der Waals surface area (Å²) in [7, 11) is 1.61. The standard InChI is InChI=1S/C16H12Cl3FO/c1-21-11-5-2-9(3-6-11)14-15(16(14,18)19)10-4-7-12(17)13(20)8-10/h2-8,14-15H,1H3/t14-,15-/m0/s1. The molecule has 0 N–H and O–H groups in total. The molecule has 1 nitrogen and oxygen atoms in total. The van der Waals surface area contributed by atoms with Gasteiger partial charge in [0.15, 0.2) is 0 Å². The molecule has 5 heteroatoms. The van der Waals surface area contributed by atoms with Gasteiger partial charge in [0.05, 0.1) is 12.1 Å². The van der Waals surface area contributed by atoms with Crippen molar-refractivity contribution in [2.45, 2.75) is 16.2 Å². The third kappa shape index (κ3) is 2.61. The predicted molar refractivity (Wildman–Crippen MR) is 84.3 cm³/mol. The van der Waals surface area contributed by atoms with Crippen molar-refractivity contribution in [3.8, 4) is 5.75 Å². The SMILES string of the molecule is COc1ccc([C@H]2[C@H](c3ccc(Cl)c(F)c3)C2(Cl)Cl)cc1. The molecule has 1 aliphatic rings. The van der Waals surface area contributed by atoms with Gasteiger partial charge in [0.1, 0.15) is 15.9 Å². The first-order chi connectivity index (χ1) is 9.95. The number of methoxy groups -OCH3 is 1. The van der Waals surface area contributed by atoms with Crippen LogP contribution in [-0.4, -0.2) is 11.4 Å². The van der Waals surface area contributed by atoms with Crippen molar-refractivity contribution in [3.63, 3.8) is 0 Å². The molecule has 2 aromatic carbocycles. The summed E-state index contributed by atoms with van der Waals surface area (Å²) in [5.74, 6) is 0.0789. The molecular formula is C16H12Cl3FO. The van der Waals surface area contributed by atoms with E-state index in [9.17, 15) is 4.39 Å². The van der Waals surface area contributed by atoms with Gasteiger partial charge in [-0.25, -0.2) is 4.39 Å². The average molecular weight is 346 g/mol. The zero-order valence-corrected chi connectivity index (χ0v) is 13.4. The van der Waals surface area contributed by atoms with Crippen LogP contribution in [0.5, 0.6) is 5.75 Å². The topological polar surface area (TPSA) is 9.23 Å². The second-order valence-corrected chi connectivity index (χ2v) is 6.93. The van der Waals surface area contributed by atoms with Crippen molar-refractivity contribution in [1.82, 2.24) is 0 Å². The van der Waals surface area contributed by atoms with Gasteiger partial charge in [-0.05, 0) is 35.4 Å². The average Bonchev–Trinajstić information content (AvgIpc) is 3.04. The van der Waals surface area contributed by atoms with E-state index in [1.807, 2.05) is 24.3 Å². The van der Waals surface area contributed by atoms with E-state index in [0.717, 1.165) is 16.9 Å². The Morgan fingerprint density at radius 1 is 1.00 bits per heavy atom. The molecule has 0 aliphatic heterocycles. The Hall–Kier alpha value is -0.960. The third-order valence-corrected chi connectivity index (χ3v) is 5.08. The first-order valence-corrected chi connectivity index (χ1v) is 7.55. The van der Waals surface area contributed by atoms with Gasteiger partial charge in [-0.1, -0.05) is 29.8 Å². The Morgan fingerprint density at radius 3 is 2.14 bits per heavy atom. The minimum atomic E-state index is -0.936. The fourth-order valence-corrected chi connectivity index (χ4v) is 3.67. The number of hydrogen-bond acceptors (Lipinski definition) is 1. The summed E-state index contributed by atoms with van der Waals surface area (Å²) in [5.41, 5.74) is 1.75. The van der Waals surface area contributed by atoms with Crippen LogP contribution in [0.25, 0.3) is 0 Å². The number of benzene rings is 2. The highest BCUT2D eigenvalue weighted by Crippen LogP contribution is 2.70. The summed E-state index contributed by atoms with van der Waals surface area (Å²) in [6, 6.07) is 12.3. The van der Waals surface area contributed by atoms with Gasteiger partial charge in [0, 0.05) is 11.8 Å². The van der Waals surface area contributed by atoms with Crippen LogP contribution in [0.1, 0.15) is 23.0 Å². The Bertz CT molecular complexity index is 670. The molecule has 1 saturated carbocycles. The van der Waals surface area contributed by atoms with Crippen LogP contribution in [0.2, 0.25) is 5.02 Å². The second-order valence-electron chi connectivity index (χ2n) is 5.08. The summed E-state index contributed by atoms with van der Waals surface area (Å²) in [5, 5.41) is 0.0927. The van der Waals surface area contributed by atoms with Crippen LogP contribution in [0, 0.1) is 5.82 Å². The van der Waals surface area contributed by atoms with Crippen molar-refractivity contribution >= 4 is 34.8 Å². The zero-order chi connectivity index (χ0) is 15.2.